The van der Waals surface area contributed by atoms with Crippen molar-refractivity contribution in [3.05, 3.63) is 11.6 Å². The maximum Gasteiger partial charge on any atom is 0.335 e. The summed E-state index contributed by atoms with van der Waals surface area (Å²) in [6.45, 7) is 3.59. The van der Waals surface area contributed by atoms with E-state index in [9.17, 15) is 4.79 Å². The van der Waals surface area contributed by atoms with Crippen LogP contribution in [0.15, 0.2) is 11.6 Å². The number of hydrogen-bond donors (Lipinski definition) is 0. The first kappa shape index (κ1) is 12.2. The van der Waals surface area contributed by atoms with Crippen LogP contribution in [0.4, 0.5) is 0 Å². The topological polar surface area (TPSA) is 35.5 Å². The summed E-state index contributed by atoms with van der Waals surface area (Å²) in [4.78, 5) is 11.6. The van der Waals surface area contributed by atoms with Crippen LogP contribution in [0.25, 0.3) is 0 Å². The van der Waals surface area contributed by atoms with E-state index in [1.54, 1.807) is 20.1 Å². The number of carbonyl (C=O) groups is 1. The predicted molar refractivity (Wildman–Crippen MR) is 58.3 cm³/mol. The Bertz CT molecular complexity index is 250. The SMILES string of the molecule is CC=C(C)C(=O)OC1(OC)CCCCC1. The van der Waals surface area contributed by atoms with E-state index in [0.717, 1.165) is 25.7 Å². The Balaban J connectivity index is 2.63. The third kappa shape index (κ3) is 3.06. The molecule has 86 valence electrons. The van der Waals surface area contributed by atoms with Crippen molar-refractivity contribution in [2.45, 2.75) is 51.7 Å². The van der Waals surface area contributed by atoms with Gasteiger partial charge >= 0.3 is 5.97 Å². The molecule has 1 aliphatic rings. The van der Waals surface area contributed by atoms with Gasteiger partial charge in [0.15, 0.2) is 0 Å². The van der Waals surface area contributed by atoms with E-state index in [2.05, 4.69) is 0 Å². The highest BCUT2D eigenvalue weighted by Gasteiger charge is 2.36. The first-order valence-electron chi connectivity index (χ1n) is 5.55. The van der Waals surface area contributed by atoms with Gasteiger partial charge in [-0.1, -0.05) is 12.5 Å². The molecule has 0 atom stereocenters. The molecular weight excluding hydrogens is 192 g/mol. The number of allylic oxidation sites excluding steroid dienone is 1. The Hall–Kier alpha value is -0.830. The molecule has 3 heteroatoms. The fourth-order valence-electron chi connectivity index (χ4n) is 1.81. The van der Waals surface area contributed by atoms with Crippen LogP contribution in [0.1, 0.15) is 46.0 Å². The summed E-state index contributed by atoms with van der Waals surface area (Å²) in [6, 6.07) is 0. The van der Waals surface area contributed by atoms with Crippen molar-refractivity contribution < 1.29 is 14.3 Å². The summed E-state index contributed by atoms with van der Waals surface area (Å²) < 4.78 is 10.8. The Morgan fingerprint density at radius 1 is 1.27 bits per heavy atom. The van der Waals surface area contributed by atoms with Gasteiger partial charge < -0.3 is 9.47 Å². The summed E-state index contributed by atoms with van der Waals surface area (Å²) in [5.74, 6) is -0.930. The first-order chi connectivity index (χ1) is 7.13. The quantitative estimate of drug-likeness (QED) is 0.410. The van der Waals surface area contributed by atoms with Gasteiger partial charge in [0, 0.05) is 25.5 Å². The molecule has 0 bridgehead atoms. The van der Waals surface area contributed by atoms with Gasteiger partial charge in [0.05, 0.1) is 0 Å². The lowest BCUT2D eigenvalue weighted by molar-refractivity contribution is -0.230. The molecule has 1 rings (SSSR count). The van der Waals surface area contributed by atoms with E-state index < -0.39 is 5.79 Å². The fourth-order valence-corrected chi connectivity index (χ4v) is 1.81. The minimum Gasteiger partial charge on any atom is -0.430 e. The largest absolute Gasteiger partial charge is 0.430 e. The van der Waals surface area contributed by atoms with Crippen LogP contribution in [0, 0.1) is 0 Å². The summed E-state index contributed by atoms with van der Waals surface area (Å²) in [5.41, 5.74) is 0.636. The summed E-state index contributed by atoms with van der Waals surface area (Å²) in [6.07, 6.45) is 6.71. The van der Waals surface area contributed by atoms with Crippen LogP contribution in [0.5, 0.6) is 0 Å². The zero-order valence-corrected chi connectivity index (χ0v) is 9.84. The van der Waals surface area contributed by atoms with Gasteiger partial charge in [0.2, 0.25) is 5.79 Å². The monoisotopic (exact) mass is 212 g/mol. The van der Waals surface area contributed by atoms with Gasteiger partial charge in [-0.15, -0.1) is 0 Å². The lowest BCUT2D eigenvalue weighted by Crippen LogP contribution is -2.39. The van der Waals surface area contributed by atoms with Crippen molar-refractivity contribution >= 4 is 5.97 Å². The zero-order valence-electron chi connectivity index (χ0n) is 9.84. The molecule has 0 amide bonds. The van der Waals surface area contributed by atoms with Crippen LogP contribution in [0.2, 0.25) is 0 Å². The Morgan fingerprint density at radius 2 is 1.87 bits per heavy atom. The van der Waals surface area contributed by atoms with E-state index in [0.29, 0.717) is 5.57 Å². The predicted octanol–water partition coefficient (Wildman–Crippen LogP) is 2.80. The van der Waals surface area contributed by atoms with E-state index in [4.69, 9.17) is 9.47 Å². The highest BCUT2D eigenvalue weighted by atomic mass is 16.7. The van der Waals surface area contributed by atoms with E-state index in [1.165, 1.54) is 6.42 Å². The molecule has 0 aromatic carbocycles. The molecular formula is C12H20O3. The van der Waals surface area contributed by atoms with E-state index in [1.807, 2.05) is 6.92 Å². The number of hydrogen-bond acceptors (Lipinski definition) is 3. The van der Waals surface area contributed by atoms with Crippen LogP contribution in [-0.2, 0) is 14.3 Å². The lowest BCUT2D eigenvalue weighted by Gasteiger charge is -2.35. The molecule has 15 heavy (non-hydrogen) atoms. The highest BCUT2D eigenvalue weighted by molar-refractivity contribution is 5.87. The maximum absolute atomic E-state index is 11.6. The maximum atomic E-state index is 11.6. The second-order valence-electron chi connectivity index (χ2n) is 4.04. The number of rotatable bonds is 3. The fraction of sp³-hybridized carbons (Fsp3) is 0.750. The lowest BCUT2D eigenvalue weighted by atomic mass is 9.94. The average Bonchev–Trinajstić information content (AvgIpc) is 2.29. The van der Waals surface area contributed by atoms with Gasteiger partial charge in [0.1, 0.15) is 0 Å². The molecule has 0 saturated heterocycles. The molecule has 0 heterocycles. The summed E-state index contributed by atoms with van der Waals surface area (Å²) >= 11 is 0. The standard InChI is InChI=1S/C12H20O3/c1-4-10(2)11(13)15-12(14-3)8-6-5-7-9-12/h4H,5-9H2,1-3H3. The van der Waals surface area contributed by atoms with Gasteiger partial charge in [-0.2, -0.15) is 0 Å². The molecule has 1 aliphatic carbocycles. The van der Waals surface area contributed by atoms with Crippen molar-refractivity contribution in [1.29, 1.82) is 0 Å². The molecule has 1 fully saturated rings. The van der Waals surface area contributed by atoms with Gasteiger partial charge in [-0.25, -0.2) is 4.79 Å². The number of methoxy groups -OCH3 is 1. The Kier molecular flexibility index (Phi) is 4.33. The molecule has 0 unspecified atom stereocenters. The van der Waals surface area contributed by atoms with E-state index in [-0.39, 0.29) is 5.97 Å². The molecule has 0 aliphatic heterocycles. The minimum absolute atomic E-state index is 0.263. The van der Waals surface area contributed by atoms with Crippen molar-refractivity contribution in [2.75, 3.05) is 7.11 Å². The Labute approximate surface area is 91.4 Å². The van der Waals surface area contributed by atoms with E-state index >= 15 is 0 Å². The number of esters is 1. The normalized spacial score (nSPS) is 21.1. The smallest absolute Gasteiger partial charge is 0.335 e. The van der Waals surface area contributed by atoms with Crippen LogP contribution < -0.4 is 0 Å². The van der Waals surface area contributed by atoms with Crippen molar-refractivity contribution in [2.24, 2.45) is 0 Å². The zero-order chi connectivity index (χ0) is 11.3. The first-order valence-corrected chi connectivity index (χ1v) is 5.55. The summed E-state index contributed by atoms with van der Waals surface area (Å²) in [5, 5.41) is 0. The summed E-state index contributed by atoms with van der Waals surface area (Å²) in [7, 11) is 1.61. The highest BCUT2D eigenvalue weighted by Crippen LogP contribution is 2.32. The average molecular weight is 212 g/mol. The Morgan fingerprint density at radius 3 is 2.33 bits per heavy atom. The van der Waals surface area contributed by atoms with Crippen molar-refractivity contribution in [1.82, 2.24) is 0 Å². The third-order valence-corrected chi connectivity index (χ3v) is 3.02. The second kappa shape index (κ2) is 5.31. The second-order valence-corrected chi connectivity index (χ2v) is 4.04. The molecule has 1 saturated carbocycles. The van der Waals surface area contributed by atoms with Gasteiger partial charge in [0.25, 0.3) is 0 Å². The van der Waals surface area contributed by atoms with Gasteiger partial charge in [-0.05, 0) is 26.7 Å². The van der Waals surface area contributed by atoms with Crippen molar-refractivity contribution in [3.8, 4) is 0 Å². The van der Waals surface area contributed by atoms with Crippen molar-refractivity contribution in [3.63, 3.8) is 0 Å². The van der Waals surface area contributed by atoms with Crippen LogP contribution in [0.3, 0.4) is 0 Å². The molecule has 3 nitrogen and oxygen atoms in total. The third-order valence-electron chi connectivity index (χ3n) is 3.02. The number of ether oxygens (including phenoxy) is 2. The molecule has 0 N–H and O–H groups in total. The van der Waals surface area contributed by atoms with Gasteiger partial charge in [-0.3, -0.25) is 0 Å². The van der Waals surface area contributed by atoms with Crippen LogP contribution >= 0.6 is 0 Å². The molecule has 0 radical (unpaired) electrons. The molecule has 0 aromatic rings. The minimum atomic E-state index is -0.667. The molecule has 0 aromatic heterocycles. The number of carbonyl (C=O) groups excluding carboxylic acids is 1. The van der Waals surface area contributed by atoms with Crippen LogP contribution in [-0.4, -0.2) is 18.9 Å². The molecule has 0 spiro atoms.